The van der Waals surface area contributed by atoms with Crippen molar-refractivity contribution < 1.29 is 4.39 Å². The Morgan fingerprint density at radius 3 is 2.76 bits per heavy atom. The molecule has 88 valence electrons. The lowest BCUT2D eigenvalue weighted by molar-refractivity contribution is 0.625. The smallest absolute Gasteiger partial charge is 0.123 e. The van der Waals surface area contributed by atoms with E-state index in [4.69, 9.17) is 17.3 Å². The van der Waals surface area contributed by atoms with Crippen molar-refractivity contribution in [1.82, 2.24) is 4.98 Å². The van der Waals surface area contributed by atoms with Crippen LogP contribution in [0.5, 0.6) is 0 Å². The maximum atomic E-state index is 13.0. The number of aryl methyl sites for hydroxylation is 2. The maximum Gasteiger partial charge on any atom is 0.123 e. The molecule has 2 nitrogen and oxygen atoms in total. The second kappa shape index (κ2) is 5.15. The van der Waals surface area contributed by atoms with Crippen molar-refractivity contribution in [3.05, 3.63) is 58.5 Å². The zero-order valence-corrected chi connectivity index (χ0v) is 9.91. The molecule has 0 fully saturated rings. The standard InChI is InChI=1S/C13H12ClFN2/c14-12-4-3-11(15)8-10(12)2-1-9-5-6-17-13(16)7-9/h3-8H,1-2H2,(H2,16,17). The van der Waals surface area contributed by atoms with Crippen LogP contribution in [0.15, 0.2) is 36.5 Å². The Labute approximate surface area is 104 Å². The first-order valence-electron chi connectivity index (χ1n) is 5.29. The van der Waals surface area contributed by atoms with Crippen molar-refractivity contribution in [2.24, 2.45) is 0 Å². The highest BCUT2D eigenvalue weighted by molar-refractivity contribution is 6.31. The van der Waals surface area contributed by atoms with Crippen molar-refractivity contribution in [3.8, 4) is 0 Å². The van der Waals surface area contributed by atoms with E-state index in [1.807, 2.05) is 12.1 Å². The van der Waals surface area contributed by atoms with Crippen LogP contribution in [0, 0.1) is 5.82 Å². The van der Waals surface area contributed by atoms with E-state index in [0.717, 1.165) is 17.5 Å². The lowest BCUT2D eigenvalue weighted by Gasteiger charge is -2.05. The van der Waals surface area contributed by atoms with Gasteiger partial charge >= 0.3 is 0 Å². The van der Waals surface area contributed by atoms with Crippen molar-refractivity contribution >= 4 is 17.4 Å². The molecule has 0 spiro atoms. The van der Waals surface area contributed by atoms with Crippen LogP contribution in [-0.2, 0) is 12.8 Å². The van der Waals surface area contributed by atoms with E-state index in [9.17, 15) is 4.39 Å². The molecular formula is C13H12ClFN2. The molecule has 0 saturated carbocycles. The van der Waals surface area contributed by atoms with Crippen LogP contribution in [0.1, 0.15) is 11.1 Å². The molecule has 17 heavy (non-hydrogen) atoms. The molecule has 0 unspecified atom stereocenters. The van der Waals surface area contributed by atoms with Gasteiger partial charge in [0, 0.05) is 11.2 Å². The molecule has 1 heterocycles. The zero-order chi connectivity index (χ0) is 12.3. The number of hydrogen-bond acceptors (Lipinski definition) is 2. The Morgan fingerprint density at radius 2 is 2.00 bits per heavy atom. The van der Waals surface area contributed by atoms with E-state index in [0.29, 0.717) is 17.3 Å². The Kier molecular flexibility index (Phi) is 3.59. The summed E-state index contributed by atoms with van der Waals surface area (Å²) in [4.78, 5) is 3.92. The number of hydrogen-bond donors (Lipinski definition) is 1. The van der Waals surface area contributed by atoms with Crippen LogP contribution in [0.2, 0.25) is 5.02 Å². The summed E-state index contributed by atoms with van der Waals surface area (Å²) in [6.45, 7) is 0. The highest BCUT2D eigenvalue weighted by Gasteiger charge is 2.03. The number of anilines is 1. The van der Waals surface area contributed by atoms with Gasteiger partial charge in [-0.15, -0.1) is 0 Å². The molecule has 1 aromatic carbocycles. The molecule has 2 rings (SSSR count). The number of nitrogens with two attached hydrogens (primary N) is 1. The summed E-state index contributed by atoms with van der Waals surface area (Å²) in [5.41, 5.74) is 7.46. The van der Waals surface area contributed by atoms with Crippen molar-refractivity contribution in [1.29, 1.82) is 0 Å². The van der Waals surface area contributed by atoms with Crippen LogP contribution in [-0.4, -0.2) is 4.98 Å². The molecule has 0 bridgehead atoms. The average Bonchev–Trinajstić information content (AvgIpc) is 2.30. The normalized spacial score (nSPS) is 10.5. The van der Waals surface area contributed by atoms with Gasteiger partial charge in [-0.1, -0.05) is 11.6 Å². The van der Waals surface area contributed by atoms with E-state index >= 15 is 0 Å². The number of nitrogen functional groups attached to an aromatic ring is 1. The van der Waals surface area contributed by atoms with Gasteiger partial charge in [-0.25, -0.2) is 9.37 Å². The van der Waals surface area contributed by atoms with Gasteiger partial charge in [0.05, 0.1) is 0 Å². The summed E-state index contributed by atoms with van der Waals surface area (Å²) in [6.07, 6.45) is 3.10. The van der Waals surface area contributed by atoms with Gasteiger partial charge in [-0.2, -0.15) is 0 Å². The van der Waals surface area contributed by atoms with Gasteiger partial charge < -0.3 is 5.73 Å². The summed E-state index contributed by atoms with van der Waals surface area (Å²) in [5.74, 6) is 0.228. The second-order valence-electron chi connectivity index (χ2n) is 3.82. The third-order valence-electron chi connectivity index (χ3n) is 2.54. The Balaban J connectivity index is 2.09. The molecule has 0 amide bonds. The summed E-state index contributed by atoms with van der Waals surface area (Å²) < 4.78 is 13.0. The van der Waals surface area contributed by atoms with E-state index in [-0.39, 0.29) is 5.82 Å². The highest BCUT2D eigenvalue weighted by Crippen LogP contribution is 2.19. The summed E-state index contributed by atoms with van der Waals surface area (Å²) >= 11 is 5.99. The predicted octanol–water partition coefficient (Wildman–Crippen LogP) is 3.24. The zero-order valence-electron chi connectivity index (χ0n) is 9.16. The number of aromatic nitrogens is 1. The van der Waals surface area contributed by atoms with Crippen molar-refractivity contribution in [2.75, 3.05) is 5.73 Å². The van der Waals surface area contributed by atoms with Crippen molar-refractivity contribution in [2.45, 2.75) is 12.8 Å². The fourth-order valence-electron chi connectivity index (χ4n) is 1.66. The molecule has 0 aliphatic heterocycles. The third-order valence-corrected chi connectivity index (χ3v) is 2.91. The molecule has 0 aliphatic rings. The van der Waals surface area contributed by atoms with Crippen molar-refractivity contribution in [3.63, 3.8) is 0 Å². The predicted molar refractivity (Wildman–Crippen MR) is 67.5 cm³/mol. The van der Waals surface area contributed by atoms with E-state index in [2.05, 4.69) is 4.98 Å². The first kappa shape index (κ1) is 11.9. The molecule has 0 atom stereocenters. The Bertz CT molecular complexity index is 529. The number of benzene rings is 1. The molecule has 0 radical (unpaired) electrons. The summed E-state index contributed by atoms with van der Waals surface area (Å²) in [7, 11) is 0. The second-order valence-corrected chi connectivity index (χ2v) is 4.23. The van der Waals surface area contributed by atoms with Gasteiger partial charge in [0.2, 0.25) is 0 Å². The molecule has 0 saturated heterocycles. The molecule has 0 aliphatic carbocycles. The van der Waals surface area contributed by atoms with Crippen LogP contribution < -0.4 is 5.73 Å². The maximum absolute atomic E-state index is 13.0. The van der Waals surface area contributed by atoms with Gasteiger partial charge in [0.15, 0.2) is 0 Å². The molecule has 4 heteroatoms. The number of halogens is 2. The lowest BCUT2D eigenvalue weighted by Crippen LogP contribution is -1.96. The third kappa shape index (κ3) is 3.17. The topological polar surface area (TPSA) is 38.9 Å². The average molecular weight is 251 g/mol. The number of rotatable bonds is 3. The summed E-state index contributed by atoms with van der Waals surface area (Å²) in [6, 6.07) is 8.10. The monoisotopic (exact) mass is 250 g/mol. The van der Waals surface area contributed by atoms with E-state index in [1.165, 1.54) is 12.1 Å². The Hall–Kier alpha value is -1.61. The highest BCUT2D eigenvalue weighted by atomic mass is 35.5. The molecular weight excluding hydrogens is 239 g/mol. The van der Waals surface area contributed by atoms with Gasteiger partial charge in [-0.05, 0) is 54.3 Å². The van der Waals surface area contributed by atoms with Crippen LogP contribution in [0.4, 0.5) is 10.2 Å². The molecule has 1 aromatic heterocycles. The molecule has 2 aromatic rings. The van der Waals surface area contributed by atoms with E-state index in [1.54, 1.807) is 12.3 Å². The first-order chi connectivity index (χ1) is 8.15. The first-order valence-corrected chi connectivity index (χ1v) is 5.67. The van der Waals surface area contributed by atoms with Gasteiger partial charge in [0.25, 0.3) is 0 Å². The van der Waals surface area contributed by atoms with Crippen LogP contribution >= 0.6 is 11.6 Å². The lowest BCUT2D eigenvalue weighted by atomic mass is 10.1. The van der Waals surface area contributed by atoms with Gasteiger partial charge in [-0.3, -0.25) is 0 Å². The minimum absolute atomic E-state index is 0.265. The number of pyridine rings is 1. The molecule has 2 N–H and O–H groups in total. The fraction of sp³-hybridized carbons (Fsp3) is 0.154. The largest absolute Gasteiger partial charge is 0.384 e. The quantitative estimate of drug-likeness (QED) is 0.908. The fourth-order valence-corrected chi connectivity index (χ4v) is 1.88. The SMILES string of the molecule is Nc1cc(CCc2cc(F)ccc2Cl)ccn1. The van der Waals surface area contributed by atoms with Crippen LogP contribution in [0.3, 0.4) is 0 Å². The van der Waals surface area contributed by atoms with Crippen LogP contribution in [0.25, 0.3) is 0 Å². The summed E-state index contributed by atoms with van der Waals surface area (Å²) in [5, 5.41) is 0.591. The number of nitrogens with zero attached hydrogens (tertiary/aromatic N) is 1. The van der Waals surface area contributed by atoms with E-state index < -0.39 is 0 Å². The van der Waals surface area contributed by atoms with Gasteiger partial charge in [0.1, 0.15) is 11.6 Å². The minimum atomic E-state index is -0.265. The minimum Gasteiger partial charge on any atom is -0.384 e. The Morgan fingerprint density at radius 1 is 1.18 bits per heavy atom.